The number of hydrogen-bond acceptors (Lipinski definition) is 7. The molecule has 1 amide bonds. The van der Waals surface area contributed by atoms with Crippen molar-refractivity contribution in [2.45, 2.75) is 31.1 Å². The number of aromatic nitrogens is 2. The lowest BCUT2D eigenvalue weighted by Crippen LogP contribution is -2.45. The molecule has 0 saturated carbocycles. The minimum atomic E-state index is -4.51. The Labute approximate surface area is 224 Å². The smallest absolute Gasteiger partial charge is 0.355 e. The van der Waals surface area contributed by atoms with Gasteiger partial charge in [-0.15, -0.1) is 11.8 Å². The van der Waals surface area contributed by atoms with E-state index in [-0.39, 0.29) is 5.69 Å². The number of nitrogens with zero attached hydrogens (tertiary/aromatic N) is 5. The van der Waals surface area contributed by atoms with Crippen molar-refractivity contribution in [3.05, 3.63) is 77.4 Å². The first kappa shape index (κ1) is 26.5. The van der Waals surface area contributed by atoms with Gasteiger partial charge < -0.3 is 15.1 Å². The van der Waals surface area contributed by atoms with Crippen molar-refractivity contribution in [3.63, 3.8) is 0 Å². The van der Waals surface area contributed by atoms with E-state index >= 15 is 0 Å². The molecule has 5 rings (SSSR count). The summed E-state index contributed by atoms with van der Waals surface area (Å²) < 4.78 is 41.1. The lowest BCUT2D eigenvalue weighted by molar-refractivity contribution is -0.137. The lowest BCUT2D eigenvalue weighted by Gasteiger charge is -2.34. The van der Waals surface area contributed by atoms with Crippen LogP contribution in [0.15, 0.2) is 60.0 Å². The average Bonchev–Trinajstić information content (AvgIpc) is 2.92. The van der Waals surface area contributed by atoms with Crippen LogP contribution < -0.4 is 10.2 Å². The zero-order chi connectivity index (χ0) is 26.7. The van der Waals surface area contributed by atoms with Crippen LogP contribution in [0, 0.1) is 0 Å². The van der Waals surface area contributed by atoms with Gasteiger partial charge in [-0.2, -0.15) is 13.2 Å². The number of likely N-dealkylation sites (N-methyl/N-ethyl adjacent to an activating group) is 1. The molecule has 0 aliphatic carbocycles. The fourth-order valence-corrected chi connectivity index (χ4v) is 5.76. The minimum absolute atomic E-state index is 0.141. The number of carbonyl (C=O) groups excluding carboxylic acids is 1. The SMILES string of the molecule is CCN1CCN(Cc2cc(NC(=O)c3ccc4c(c3)CN(c3cncnc3)CS4)cc(C(F)(F)F)c2)CC1. The van der Waals surface area contributed by atoms with Crippen LogP contribution in [0.3, 0.4) is 0 Å². The van der Waals surface area contributed by atoms with Crippen LogP contribution in [0.2, 0.25) is 0 Å². The number of amides is 1. The van der Waals surface area contributed by atoms with Crippen LogP contribution in [0.5, 0.6) is 0 Å². The summed E-state index contributed by atoms with van der Waals surface area (Å²) in [6, 6.07) is 9.23. The first-order chi connectivity index (χ1) is 18.3. The molecule has 0 unspecified atom stereocenters. The van der Waals surface area contributed by atoms with E-state index in [4.69, 9.17) is 0 Å². The van der Waals surface area contributed by atoms with Gasteiger partial charge in [-0.1, -0.05) is 6.92 Å². The zero-order valence-corrected chi connectivity index (χ0v) is 21.9. The number of alkyl halides is 3. The third-order valence-electron chi connectivity index (χ3n) is 6.87. The number of anilines is 2. The molecule has 2 aliphatic rings. The second kappa shape index (κ2) is 11.3. The Morgan fingerprint density at radius 3 is 2.47 bits per heavy atom. The maximum atomic E-state index is 13.7. The van der Waals surface area contributed by atoms with Gasteiger partial charge in [-0.25, -0.2) is 9.97 Å². The van der Waals surface area contributed by atoms with E-state index in [0.29, 0.717) is 24.2 Å². The summed E-state index contributed by atoms with van der Waals surface area (Å²) in [5.41, 5.74) is 2.15. The van der Waals surface area contributed by atoms with Crippen molar-refractivity contribution in [3.8, 4) is 0 Å². The van der Waals surface area contributed by atoms with Crippen LogP contribution in [0.4, 0.5) is 24.5 Å². The van der Waals surface area contributed by atoms with E-state index in [9.17, 15) is 18.0 Å². The van der Waals surface area contributed by atoms with Crippen molar-refractivity contribution >= 4 is 29.0 Å². The highest BCUT2D eigenvalue weighted by molar-refractivity contribution is 7.99. The molecule has 38 heavy (non-hydrogen) atoms. The zero-order valence-electron chi connectivity index (χ0n) is 21.0. The third kappa shape index (κ3) is 6.28. The molecule has 0 bridgehead atoms. The number of rotatable bonds is 6. The maximum absolute atomic E-state index is 13.7. The molecule has 1 aromatic heterocycles. The molecular formula is C27H29F3N6OS. The molecule has 1 fully saturated rings. The van der Waals surface area contributed by atoms with E-state index in [2.05, 4.69) is 36.9 Å². The quantitative estimate of drug-likeness (QED) is 0.473. The van der Waals surface area contributed by atoms with Gasteiger partial charge in [0.05, 0.1) is 29.5 Å². The summed E-state index contributed by atoms with van der Waals surface area (Å²) in [6.07, 6.45) is 0.445. The van der Waals surface area contributed by atoms with E-state index < -0.39 is 17.6 Å². The van der Waals surface area contributed by atoms with Crippen molar-refractivity contribution in [2.24, 2.45) is 0 Å². The molecule has 0 radical (unpaired) electrons. The van der Waals surface area contributed by atoms with Gasteiger partial charge in [0, 0.05) is 55.4 Å². The normalized spacial score (nSPS) is 16.8. The number of carbonyl (C=O) groups is 1. The molecule has 11 heteroatoms. The van der Waals surface area contributed by atoms with Crippen molar-refractivity contribution in [1.29, 1.82) is 0 Å². The number of fused-ring (bicyclic) bond motifs is 1. The summed E-state index contributed by atoms with van der Waals surface area (Å²) in [5, 5.41) is 2.71. The Morgan fingerprint density at radius 2 is 1.76 bits per heavy atom. The van der Waals surface area contributed by atoms with Crippen LogP contribution in [-0.4, -0.2) is 64.3 Å². The molecule has 2 aromatic carbocycles. The summed E-state index contributed by atoms with van der Waals surface area (Å²) in [4.78, 5) is 28.9. The molecule has 3 aromatic rings. The van der Waals surface area contributed by atoms with Gasteiger partial charge in [-0.3, -0.25) is 9.69 Å². The Morgan fingerprint density at radius 1 is 1.03 bits per heavy atom. The number of nitrogens with one attached hydrogen (secondary N) is 1. The Bertz CT molecular complexity index is 1280. The minimum Gasteiger partial charge on any atom is -0.355 e. The maximum Gasteiger partial charge on any atom is 0.416 e. The summed E-state index contributed by atoms with van der Waals surface area (Å²) in [5.74, 6) is 0.284. The van der Waals surface area contributed by atoms with Crippen molar-refractivity contribution in [1.82, 2.24) is 19.8 Å². The summed E-state index contributed by atoms with van der Waals surface area (Å²) in [6.45, 7) is 7.43. The van der Waals surface area contributed by atoms with Crippen LogP contribution >= 0.6 is 11.8 Å². The highest BCUT2D eigenvalue weighted by Crippen LogP contribution is 2.35. The van der Waals surface area contributed by atoms with E-state index in [1.54, 1.807) is 42.4 Å². The first-order valence-corrected chi connectivity index (χ1v) is 13.5. The Kier molecular flexibility index (Phi) is 7.87. The molecule has 200 valence electrons. The summed E-state index contributed by atoms with van der Waals surface area (Å²) >= 11 is 1.65. The van der Waals surface area contributed by atoms with E-state index in [0.717, 1.165) is 60.8 Å². The second-order valence-electron chi connectivity index (χ2n) is 9.47. The molecule has 1 saturated heterocycles. The fraction of sp³-hybridized carbons (Fsp3) is 0.370. The Hall–Kier alpha value is -3.15. The van der Waals surface area contributed by atoms with Crippen LogP contribution in [-0.2, 0) is 19.3 Å². The van der Waals surface area contributed by atoms with E-state index in [1.807, 2.05) is 6.07 Å². The van der Waals surface area contributed by atoms with E-state index in [1.165, 1.54) is 12.4 Å². The van der Waals surface area contributed by atoms with Crippen LogP contribution in [0.25, 0.3) is 0 Å². The predicted octanol–water partition coefficient (Wildman–Crippen LogP) is 4.96. The predicted molar refractivity (Wildman–Crippen MR) is 142 cm³/mol. The standard InChI is InChI=1S/C27H29F3N6OS/c1-2-34-5-7-35(8-6-34)15-19-9-22(27(28,29)30)12-23(10-19)33-26(37)20-3-4-25-21(11-20)16-36(18-38-25)24-13-31-17-32-14-24/h3-4,9-14,17H,2,5-8,15-16,18H2,1H3,(H,33,37). The van der Waals surface area contributed by atoms with Gasteiger partial charge in [0.25, 0.3) is 5.91 Å². The second-order valence-corrected chi connectivity index (χ2v) is 10.5. The molecule has 7 nitrogen and oxygen atoms in total. The fourth-order valence-electron chi connectivity index (χ4n) is 4.75. The number of hydrogen-bond donors (Lipinski definition) is 1. The Balaban J connectivity index is 1.32. The molecule has 2 aliphatic heterocycles. The highest BCUT2D eigenvalue weighted by Gasteiger charge is 2.32. The van der Waals surface area contributed by atoms with Gasteiger partial charge in [0.1, 0.15) is 6.33 Å². The van der Waals surface area contributed by atoms with Gasteiger partial charge >= 0.3 is 6.18 Å². The largest absolute Gasteiger partial charge is 0.416 e. The monoisotopic (exact) mass is 542 g/mol. The van der Waals surface area contributed by atoms with Gasteiger partial charge in [0.15, 0.2) is 0 Å². The number of halogens is 3. The van der Waals surface area contributed by atoms with Gasteiger partial charge in [0.2, 0.25) is 0 Å². The molecule has 3 heterocycles. The molecule has 1 N–H and O–H groups in total. The van der Waals surface area contributed by atoms with Crippen molar-refractivity contribution < 1.29 is 18.0 Å². The number of piperazine rings is 1. The summed E-state index contributed by atoms with van der Waals surface area (Å²) in [7, 11) is 0. The number of thioether (sulfide) groups is 1. The van der Waals surface area contributed by atoms with Crippen LogP contribution in [0.1, 0.15) is 34.0 Å². The lowest BCUT2D eigenvalue weighted by atomic mass is 10.1. The van der Waals surface area contributed by atoms with Crippen molar-refractivity contribution in [2.75, 3.05) is 48.8 Å². The average molecular weight is 543 g/mol. The third-order valence-corrected chi connectivity index (χ3v) is 8.02. The van der Waals surface area contributed by atoms with Gasteiger partial charge in [-0.05, 0) is 54.1 Å². The topological polar surface area (TPSA) is 64.6 Å². The molecular weight excluding hydrogens is 513 g/mol. The molecule has 0 spiro atoms. The molecule has 0 atom stereocenters. The first-order valence-electron chi connectivity index (χ1n) is 12.5. The highest BCUT2D eigenvalue weighted by atomic mass is 32.2. The number of benzene rings is 2.